The lowest BCUT2D eigenvalue weighted by atomic mass is 9.99. The molecule has 188 valence electrons. The second-order valence-electron chi connectivity index (χ2n) is 8.91. The maximum Gasteiger partial charge on any atom is 0.253 e. The lowest BCUT2D eigenvalue weighted by Gasteiger charge is -2.37. The van der Waals surface area contributed by atoms with Crippen LogP contribution >= 0.6 is 0 Å². The first-order chi connectivity index (χ1) is 16.7. The third-order valence-corrected chi connectivity index (χ3v) is 6.41. The van der Waals surface area contributed by atoms with Crippen LogP contribution in [0.15, 0.2) is 35.1 Å². The predicted octanol–water partition coefficient (Wildman–Crippen LogP) is 3.75. The van der Waals surface area contributed by atoms with E-state index in [1.807, 2.05) is 32.9 Å². The van der Waals surface area contributed by atoms with Gasteiger partial charge in [0.2, 0.25) is 5.91 Å². The van der Waals surface area contributed by atoms with Crippen LogP contribution in [0.4, 0.5) is 11.4 Å². The molecule has 1 fully saturated rings. The monoisotopic (exact) mass is 480 g/mol. The Hall–Kier alpha value is -3.39. The van der Waals surface area contributed by atoms with E-state index >= 15 is 0 Å². The number of ether oxygens (including phenoxy) is 1. The van der Waals surface area contributed by atoms with Crippen LogP contribution in [0, 0.1) is 20.8 Å². The van der Waals surface area contributed by atoms with Crippen molar-refractivity contribution in [2.45, 2.75) is 60.0 Å². The zero-order chi connectivity index (χ0) is 25.5. The highest BCUT2D eigenvalue weighted by atomic mass is 16.5. The third-order valence-electron chi connectivity index (χ3n) is 6.41. The van der Waals surface area contributed by atoms with Crippen molar-refractivity contribution in [3.8, 4) is 0 Å². The lowest BCUT2D eigenvalue weighted by molar-refractivity contribution is -0.111. The van der Waals surface area contributed by atoms with Gasteiger partial charge in [0.05, 0.1) is 0 Å². The van der Waals surface area contributed by atoms with Crippen molar-refractivity contribution >= 4 is 23.2 Å². The minimum atomic E-state index is -0.298. The number of aromatic nitrogens is 1. The number of hydrogen-bond donors (Lipinski definition) is 3. The Balaban J connectivity index is 1.96. The molecule has 1 aromatic heterocycles. The molecule has 8 heteroatoms. The van der Waals surface area contributed by atoms with Crippen molar-refractivity contribution < 1.29 is 14.3 Å². The van der Waals surface area contributed by atoms with Gasteiger partial charge in [0.1, 0.15) is 0 Å². The first-order valence-corrected chi connectivity index (χ1v) is 12.1. The van der Waals surface area contributed by atoms with Crippen LogP contribution in [0.2, 0.25) is 0 Å². The van der Waals surface area contributed by atoms with E-state index in [4.69, 9.17) is 4.74 Å². The van der Waals surface area contributed by atoms with Gasteiger partial charge in [-0.2, -0.15) is 0 Å². The third kappa shape index (κ3) is 6.39. The second kappa shape index (κ2) is 11.8. The average molecular weight is 481 g/mol. The molecular formula is C27H36N4O4. The Morgan fingerprint density at radius 3 is 2.51 bits per heavy atom. The maximum absolute atomic E-state index is 13.3. The molecule has 0 unspecified atom stereocenters. The summed E-state index contributed by atoms with van der Waals surface area (Å²) in [7, 11) is 0. The first kappa shape index (κ1) is 26.2. The number of pyridine rings is 1. The van der Waals surface area contributed by atoms with Gasteiger partial charge >= 0.3 is 0 Å². The number of aryl methyl sites for hydroxylation is 2. The van der Waals surface area contributed by atoms with Crippen LogP contribution in [0.25, 0.3) is 0 Å². The molecule has 1 aromatic carbocycles. The summed E-state index contributed by atoms with van der Waals surface area (Å²) in [6.45, 7) is 11.8. The number of H-pyrrole nitrogens is 1. The summed E-state index contributed by atoms with van der Waals surface area (Å²) in [5.41, 5.74) is 4.68. The van der Waals surface area contributed by atoms with Crippen molar-refractivity contribution in [2.75, 3.05) is 30.0 Å². The Labute approximate surface area is 206 Å². The molecule has 0 saturated carbocycles. The molecule has 3 rings (SSSR count). The zero-order valence-electron chi connectivity index (χ0n) is 21.3. The summed E-state index contributed by atoms with van der Waals surface area (Å²) < 4.78 is 5.54. The number of allylic oxidation sites excluding steroid dienone is 1. The molecule has 2 aromatic rings. The van der Waals surface area contributed by atoms with Gasteiger partial charge in [-0.25, -0.2) is 0 Å². The second-order valence-corrected chi connectivity index (χ2v) is 8.91. The average Bonchev–Trinajstić information content (AvgIpc) is 2.81. The number of benzene rings is 1. The number of hydrogen-bond acceptors (Lipinski definition) is 5. The molecule has 1 aliphatic heterocycles. The molecule has 0 atom stereocenters. The number of rotatable bonds is 8. The van der Waals surface area contributed by atoms with Gasteiger partial charge in [-0.15, -0.1) is 0 Å². The van der Waals surface area contributed by atoms with Gasteiger partial charge in [-0.3, -0.25) is 14.4 Å². The quantitative estimate of drug-likeness (QED) is 0.499. The van der Waals surface area contributed by atoms with E-state index in [1.54, 1.807) is 19.1 Å². The van der Waals surface area contributed by atoms with Gasteiger partial charge in [-0.1, -0.05) is 6.08 Å². The normalized spacial score (nSPS) is 14.2. The fourth-order valence-corrected chi connectivity index (χ4v) is 4.63. The van der Waals surface area contributed by atoms with Crippen molar-refractivity contribution in [1.82, 2.24) is 10.3 Å². The number of carbonyl (C=O) groups excluding carboxylic acids is 2. The number of nitrogens with one attached hydrogen (secondary N) is 3. The molecule has 0 bridgehead atoms. The fraction of sp³-hybridized carbons (Fsp3) is 0.444. The molecule has 35 heavy (non-hydrogen) atoms. The molecule has 0 aliphatic carbocycles. The number of carbonyl (C=O) groups is 2. The van der Waals surface area contributed by atoms with E-state index in [9.17, 15) is 14.4 Å². The van der Waals surface area contributed by atoms with E-state index < -0.39 is 0 Å². The number of nitrogens with zero attached hydrogens (tertiary/aromatic N) is 1. The van der Waals surface area contributed by atoms with Gasteiger partial charge in [0, 0.05) is 60.5 Å². The highest BCUT2D eigenvalue weighted by molar-refractivity contribution is 6.03. The minimum Gasteiger partial charge on any atom is -0.381 e. The van der Waals surface area contributed by atoms with Crippen LogP contribution < -0.4 is 21.1 Å². The summed E-state index contributed by atoms with van der Waals surface area (Å²) in [5.74, 6) is -0.558. The molecule has 2 heterocycles. The lowest BCUT2D eigenvalue weighted by Crippen LogP contribution is -2.40. The Bertz CT molecular complexity index is 1160. The van der Waals surface area contributed by atoms with Gasteiger partial charge in [0.15, 0.2) is 0 Å². The van der Waals surface area contributed by atoms with E-state index in [0.29, 0.717) is 36.1 Å². The maximum atomic E-state index is 13.3. The molecule has 2 amide bonds. The molecule has 1 aliphatic rings. The molecular weight excluding hydrogens is 444 g/mol. The molecule has 0 radical (unpaired) electrons. The summed E-state index contributed by atoms with van der Waals surface area (Å²) in [4.78, 5) is 43.1. The van der Waals surface area contributed by atoms with Crippen molar-refractivity contribution in [3.05, 3.63) is 68.7 Å². The van der Waals surface area contributed by atoms with Crippen LogP contribution in [0.1, 0.15) is 59.4 Å². The largest absolute Gasteiger partial charge is 0.381 e. The van der Waals surface area contributed by atoms with Crippen LogP contribution in [-0.2, 0) is 16.1 Å². The molecule has 3 N–H and O–H groups in total. The van der Waals surface area contributed by atoms with Gasteiger partial charge in [-0.05, 0) is 82.9 Å². The minimum absolute atomic E-state index is 0.113. The predicted molar refractivity (Wildman–Crippen MR) is 139 cm³/mol. The van der Waals surface area contributed by atoms with Crippen LogP contribution in [-0.4, -0.2) is 42.6 Å². The van der Waals surface area contributed by atoms with Gasteiger partial charge in [0.25, 0.3) is 11.5 Å². The van der Waals surface area contributed by atoms with Crippen molar-refractivity contribution in [3.63, 3.8) is 0 Å². The van der Waals surface area contributed by atoms with Crippen LogP contribution in [0.5, 0.6) is 0 Å². The first-order valence-electron chi connectivity index (χ1n) is 12.1. The Morgan fingerprint density at radius 2 is 1.89 bits per heavy atom. The summed E-state index contributed by atoms with van der Waals surface area (Å²) in [6.07, 6.45) is 4.92. The zero-order valence-corrected chi connectivity index (χ0v) is 21.3. The molecule has 1 saturated heterocycles. The Morgan fingerprint density at radius 1 is 1.17 bits per heavy atom. The fourth-order valence-electron chi connectivity index (χ4n) is 4.63. The van der Waals surface area contributed by atoms with E-state index in [0.717, 1.165) is 41.9 Å². The highest BCUT2D eigenvalue weighted by Gasteiger charge is 2.25. The Kier molecular flexibility index (Phi) is 8.87. The van der Waals surface area contributed by atoms with E-state index in [2.05, 4.69) is 27.4 Å². The van der Waals surface area contributed by atoms with Crippen LogP contribution in [0.3, 0.4) is 0 Å². The SMILES string of the molecule is C/C=C/C(=O)Nc1cc(C(=O)NCc2c(C)cc(C)[nH]c2=O)c(C)c(N(CC)C2CCOCC2)c1. The van der Waals surface area contributed by atoms with Gasteiger partial charge < -0.3 is 25.3 Å². The number of anilines is 2. The molecule has 8 nitrogen and oxygen atoms in total. The highest BCUT2D eigenvalue weighted by Crippen LogP contribution is 2.32. The topological polar surface area (TPSA) is 104 Å². The number of aromatic amines is 1. The number of amides is 2. The summed E-state index contributed by atoms with van der Waals surface area (Å²) in [5, 5.41) is 5.78. The van der Waals surface area contributed by atoms with Crippen molar-refractivity contribution in [1.29, 1.82) is 0 Å². The van der Waals surface area contributed by atoms with E-state index in [1.165, 1.54) is 6.08 Å². The van der Waals surface area contributed by atoms with Crippen molar-refractivity contribution in [2.24, 2.45) is 0 Å². The summed E-state index contributed by atoms with van der Waals surface area (Å²) >= 11 is 0. The smallest absolute Gasteiger partial charge is 0.253 e. The summed E-state index contributed by atoms with van der Waals surface area (Å²) in [6, 6.07) is 5.80. The molecule has 0 spiro atoms. The standard InChI is InChI=1S/C27H36N4O4/c1-6-8-25(32)30-20-14-22(26(33)28-16-23-17(3)13-18(4)29-27(23)34)19(5)24(15-20)31(7-2)21-9-11-35-12-10-21/h6,8,13-15,21H,7,9-12,16H2,1-5H3,(H,28,33)(H,29,34)(H,30,32)/b8-6+. The van der Waals surface area contributed by atoms with E-state index in [-0.39, 0.29) is 23.9 Å².